The van der Waals surface area contributed by atoms with Crippen molar-refractivity contribution in [1.82, 2.24) is 20.5 Å². The lowest BCUT2D eigenvalue weighted by molar-refractivity contribution is -0.201. The van der Waals surface area contributed by atoms with Crippen molar-refractivity contribution in [2.75, 3.05) is 23.8 Å². The van der Waals surface area contributed by atoms with Crippen LogP contribution in [0.1, 0.15) is 77.2 Å². The van der Waals surface area contributed by atoms with E-state index in [1.807, 2.05) is 31.2 Å². The number of rotatable bonds is 14. The van der Waals surface area contributed by atoms with Crippen molar-refractivity contribution in [3.63, 3.8) is 0 Å². The molecule has 6 aliphatic rings. The van der Waals surface area contributed by atoms with E-state index in [0.29, 0.717) is 30.0 Å². The second kappa shape index (κ2) is 17.3. The average molecular weight is 879 g/mol. The molecule has 1 aromatic carbocycles. The Kier molecular flexibility index (Phi) is 12.1. The largest absolute Gasteiger partial charge is 0.393 e. The molecule has 0 spiro atoms. The van der Waals surface area contributed by atoms with Crippen LogP contribution in [0.15, 0.2) is 78.5 Å². The van der Waals surface area contributed by atoms with Crippen molar-refractivity contribution >= 4 is 52.6 Å². The Morgan fingerprint density at radius 1 is 0.953 bits per heavy atom. The van der Waals surface area contributed by atoms with E-state index in [2.05, 4.69) is 33.2 Å². The summed E-state index contributed by atoms with van der Waals surface area (Å²) in [5.74, 6) is -2.63. The fourth-order valence-corrected chi connectivity index (χ4v) is 11.3. The van der Waals surface area contributed by atoms with E-state index in [9.17, 15) is 43.8 Å². The zero-order valence-electron chi connectivity index (χ0n) is 36.2. The number of pyridine rings is 1. The van der Waals surface area contributed by atoms with E-state index in [4.69, 9.17) is 9.47 Å². The molecule has 0 radical (unpaired) electrons. The van der Waals surface area contributed by atoms with Crippen molar-refractivity contribution in [1.29, 1.82) is 0 Å². The van der Waals surface area contributed by atoms with E-state index in [1.165, 1.54) is 13.8 Å². The molecule has 3 saturated carbocycles. The molecule has 5 amide bonds. The maximum absolute atomic E-state index is 13.9. The van der Waals surface area contributed by atoms with Gasteiger partial charge < -0.3 is 41.0 Å². The average Bonchev–Trinajstić information content (AvgIpc) is 3.90. The van der Waals surface area contributed by atoms with Crippen molar-refractivity contribution in [3.05, 3.63) is 89.7 Å². The minimum atomic E-state index is -1.47. The Balaban J connectivity index is 0.825. The Hall–Kier alpha value is -5.88. The number of nitrogens with zero attached hydrogens (tertiary/aromatic N) is 2. The minimum Gasteiger partial charge on any atom is -0.393 e. The van der Waals surface area contributed by atoms with Gasteiger partial charge >= 0.3 is 0 Å². The van der Waals surface area contributed by atoms with Gasteiger partial charge in [0.05, 0.1) is 12.2 Å². The number of imide groups is 1. The number of Topliss-reactive ketones (excluding diaryl/α,β-unsaturated/α-hetero) is 1. The summed E-state index contributed by atoms with van der Waals surface area (Å²) in [5.41, 5.74) is 0.277. The number of aromatic nitrogens is 1. The van der Waals surface area contributed by atoms with E-state index < -0.39 is 88.9 Å². The maximum Gasteiger partial charge on any atom is 0.253 e. The summed E-state index contributed by atoms with van der Waals surface area (Å²) in [6.07, 6.45) is 8.94. The molecule has 2 aliphatic heterocycles. The first-order valence-electron chi connectivity index (χ1n) is 21.8. The molecule has 64 heavy (non-hydrogen) atoms. The summed E-state index contributed by atoms with van der Waals surface area (Å²) in [6.45, 7) is 6.62. The first kappa shape index (κ1) is 44.7. The van der Waals surface area contributed by atoms with Gasteiger partial charge in [0.2, 0.25) is 17.7 Å². The normalized spacial score (nSPS) is 32.1. The lowest BCUT2D eigenvalue weighted by Crippen LogP contribution is -2.63. The van der Waals surface area contributed by atoms with Crippen LogP contribution in [0.4, 0.5) is 11.5 Å². The number of hydrogen-bond acceptors (Lipinski definition) is 13. The molecule has 17 heteroatoms. The Bertz CT molecular complexity index is 2330. The first-order chi connectivity index (χ1) is 30.5. The second-order valence-corrected chi connectivity index (χ2v) is 18.3. The molecular weight excluding hydrogens is 825 g/mol. The molecule has 6 N–H and O–H groups in total. The lowest BCUT2D eigenvalue weighted by atomic mass is 9.46. The van der Waals surface area contributed by atoms with Crippen LogP contribution in [0.5, 0.6) is 0 Å². The number of ketones is 2. The number of carbonyl (C=O) groups is 7. The number of hydrogen-bond donors (Lipinski definition) is 6. The highest BCUT2D eigenvalue weighted by Crippen LogP contribution is 2.70. The van der Waals surface area contributed by atoms with Gasteiger partial charge in [-0.2, -0.15) is 0 Å². The van der Waals surface area contributed by atoms with Gasteiger partial charge in [-0.1, -0.05) is 37.6 Å². The summed E-state index contributed by atoms with van der Waals surface area (Å²) in [4.78, 5) is 92.9. The Labute approximate surface area is 370 Å². The number of ether oxygens (including phenoxy) is 2. The molecule has 0 bridgehead atoms. The van der Waals surface area contributed by atoms with Crippen LogP contribution < -0.4 is 21.3 Å². The molecule has 2 aromatic rings. The number of benzene rings is 1. The smallest absolute Gasteiger partial charge is 0.253 e. The van der Waals surface area contributed by atoms with Crippen LogP contribution in [0, 0.1) is 28.6 Å². The van der Waals surface area contributed by atoms with Gasteiger partial charge in [0, 0.05) is 65.9 Å². The standard InChI is InChI=1S/C47H54N6O11/c1-25(50-38(58)16-18-53-39(59)13-14-40(53)60)42(61)51-26(2)43(62)52-30-9-5-27(6-10-30)22-48-37-12-7-28(23-49-37)44-63-36-20-33-32-11-8-29-19-31(55)15-17-45(29,3)41(32)34(56)21-46(33,4)47(36,64-44)35(57)24-54/h5-7,9-10,12-15,17,19,23,25-26,32-34,36,41,44,54,56H,8,11,16,18,20-22,24H2,1-4H3,(H,48,49)(H,50,58)(H,51,61)(H,52,62)/t25-,26-,32-,33?,34-,36+,41?,44+,45-,46-,47+/m0/s1. The predicted octanol–water partition coefficient (Wildman–Crippen LogP) is 2.56. The first-order valence-corrected chi connectivity index (χ1v) is 21.8. The van der Waals surface area contributed by atoms with Gasteiger partial charge in [0.1, 0.15) is 24.5 Å². The van der Waals surface area contributed by atoms with Crippen LogP contribution in [0.2, 0.25) is 0 Å². The maximum atomic E-state index is 13.9. The van der Waals surface area contributed by atoms with Gasteiger partial charge in [0.15, 0.2) is 23.5 Å². The highest BCUT2D eigenvalue weighted by molar-refractivity contribution is 6.13. The van der Waals surface area contributed by atoms with E-state index in [0.717, 1.165) is 41.0 Å². The number of aliphatic hydroxyl groups excluding tert-OH is 2. The molecule has 4 fully saturated rings. The van der Waals surface area contributed by atoms with Gasteiger partial charge in [0.25, 0.3) is 11.8 Å². The summed E-state index contributed by atoms with van der Waals surface area (Å²) < 4.78 is 13.3. The second-order valence-electron chi connectivity index (χ2n) is 18.3. The van der Waals surface area contributed by atoms with E-state index >= 15 is 0 Å². The number of fused-ring (bicyclic) bond motifs is 7. The van der Waals surface area contributed by atoms with Gasteiger partial charge in [-0.25, -0.2) is 4.98 Å². The van der Waals surface area contributed by atoms with Crippen molar-refractivity contribution < 1.29 is 53.2 Å². The summed E-state index contributed by atoms with van der Waals surface area (Å²) in [6, 6.07) is 8.76. The molecule has 17 nitrogen and oxygen atoms in total. The zero-order valence-corrected chi connectivity index (χ0v) is 36.2. The fourth-order valence-electron chi connectivity index (χ4n) is 11.3. The molecule has 338 valence electrons. The van der Waals surface area contributed by atoms with Crippen molar-refractivity contribution in [3.8, 4) is 0 Å². The quantitative estimate of drug-likeness (QED) is 0.150. The minimum absolute atomic E-state index is 0.0183. The molecule has 3 heterocycles. The van der Waals surface area contributed by atoms with Crippen LogP contribution in [-0.4, -0.2) is 104 Å². The van der Waals surface area contributed by atoms with Crippen LogP contribution >= 0.6 is 0 Å². The number of allylic oxidation sites excluding steroid dienone is 4. The highest BCUT2D eigenvalue weighted by atomic mass is 16.7. The van der Waals surface area contributed by atoms with Crippen LogP contribution in [0.25, 0.3) is 0 Å². The Morgan fingerprint density at radius 3 is 2.36 bits per heavy atom. The van der Waals surface area contributed by atoms with Gasteiger partial charge in [-0.05, 0) is 93.3 Å². The van der Waals surface area contributed by atoms with E-state index in [1.54, 1.807) is 36.5 Å². The predicted molar refractivity (Wildman–Crippen MR) is 229 cm³/mol. The fraction of sp³-hybridized carbons (Fsp3) is 0.489. The Morgan fingerprint density at radius 2 is 1.67 bits per heavy atom. The molecule has 2 unspecified atom stereocenters. The summed E-state index contributed by atoms with van der Waals surface area (Å²) >= 11 is 0. The molecule has 4 aliphatic carbocycles. The van der Waals surface area contributed by atoms with Crippen molar-refractivity contribution in [2.45, 2.75) is 103 Å². The van der Waals surface area contributed by atoms with Gasteiger partial charge in [-0.15, -0.1) is 0 Å². The number of carbonyl (C=O) groups excluding carboxylic acids is 7. The highest BCUT2D eigenvalue weighted by Gasteiger charge is 2.76. The van der Waals surface area contributed by atoms with Gasteiger partial charge in [-0.3, -0.25) is 38.5 Å². The van der Waals surface area contributed by atoms with Crippen LogP contribution in [-0.2, 0) is 49.6 Å². The molecule has 1 aromatic heterocycles. The third-order valence-electron chi connectivity index (χ3n) is 14.5. The number of aliphatic hydroxyl groups is 2. The topological polar surface area (TPSA) is 243 Å². The third kappa shape index (κ3) is 7.88. The zero-order chi connectivity index (χ0) is 45.7. The lowest BCUT2D eigenvalue weighted by Gasteiger charge is -2.59. The van der Waals surface area contributed by atoms with Crippen molar-refractivity contribution in [2.24, 2.45) is 28.6 Å². The number of nitrogens with one attached hydrogen (secondary N) is 4. The monoisotopic (exact) mass is 878 g/mol. The van der Waals surface area contributed by atoms with E-state index in [-0.39, 0.29) is 42.9 Å². The van der Waals surface area contributed by atoms with Crippen LogP contribution in [0.3, 0.4) is 0 Å². The SMILES string of the molecule is C[C@H](NC(=O)CCN1C(=O)C=CC1=O)C(=O)N[C@@H](C)C(=O)Nc1ccc(CNc2ccc([C@@H]3O[C@@H]4CC5[C@@H]6CCC7=CC(=O)C=C[C@]7(C)C6[C@@H](O)C[C@]5(C)[C@]4(C(=O)CO)O3)cn2)cc1. The molecule has 1 saturated heterocycles. The third-order valence-corrected chi connectivity index (χ3v) is 14.5. The summed E-state index contributed by atoms with van der Waals surface area (Å²) in [7, 11) is 0. The molecule has 11 atom stereocenters. The summed E-state index contributed by atoms with van der Waals surface area (Å²) in [5, 5.41) is 33.3. The number of amides is 5. The molecule has 8 rings (SSSR count). The number of anilines is 2. The molecular formula is C47H54N6O11.